The molecule has 4 rings (SSSR count). The number of carbonyl (C=O) groups is 2. The van der Waals surface area contributed by atoms with Crippen molar-refractivity contribution in [2.75, 3.05) is 38.7 Å². The topological polar surface area (TPSA) is 114 Å². The Balaban J connectivity index is 1.76. The number of halogens is 1. The van der Waals surface area contributed by atoms with Crippen molar-refractivity contribution in [1.82, 2.24) is 10.2 Å². The Hall–Kier alpha value is -3.96. The molecule has 1 atom stereocenters. The number of benzene rings is 3. The number of hydrogen-bond donors (Lipinski definition) is 1. The molecule has 1 fully saturated rings. The predicted octanol–water partition coefficient (Wildman–Crippen LogP) is 5.86. The van der Waals surface area contributed by atoms with Crippen LogP contribution in [0.15, 0.2) is 71.6 Å². The normalized spacial score (nSPS) is 14.1. The van der Waals surface area contributed by atoms with E-state index in [0.717, 1.165) is 42.0 Å². The molecule has 1 aliphatic rings. The number of nitrogens with zero attached hydrogens (tertiary/aromatic N) is 2. The number of methoxy groups -OCH3 is 3. The summed E-state index contributed by atoms with van der Waals surface area (Å²) in [6.07, 6.45) is 5.84. The molecule has 3 aromatic rings. The van der Waals surface area contributed by atoms with Crippen molar-refractivity contribution in [1.29, 1.82) is 0 Å². The van der Waals surface area contributed by atoms with Crippen molar-refractivity contribution in [2.45, 2.75) is 68.8 Å². The van der Waals surface area contributed by atoms with Gasteiger partial charge in [0, 0.05) is 23.7 Å². The second-order valence-electron chi connectivity index (χ2n) is 11.4. The van der Waals surface area contributed by atoms with Gasteiger partial charge < -0.3 is 24.4 Å². The second kappa shape index (κ2) is 16.7. The van der Waals surface area contributed by atoms with Crippen molar-refractivity contribution >= 4 is 39.1 Å². The Kier molecular flexibility index (Phi) is 12.8. The molecule has 0 radical (unpaired) electrons. The SMILES string of the molecule is CC[C@@H](C(=O)NC1CCCCC1)N(CCc1ccccc1)C(=O)CN(c1cc(Cl)ccc1OC)S(=O)(=O)c1ccc(OC)c(OC)c1. The third kappa shape index (κ3) is 8.90. The molecule has 12 heteroatoms. The van der Waals surface area contributed by atoms with Gasteiger partial charge in [0.25, 0.3) is 10.0 Å². The summed E-state index contributed by atoms with van der Waals surface area (Å²) in [5, 5.41) is 3.42. The lowest BCUT2D eigenvalue weighted by molar-refractivity contribution is -0.140. The van der Waals surface area contributed by atoms with Crippen LogP contribution in [0, 0.1) is 0 Å². The molecule has 0 aliphatic heterocycles. The van der Waals surface area contributed by atoms with E-state index in [1.807, 2.05) is 37.3 Å². The summed E-state index contributed by atoms with van der Waals surface area (Å²) in [5.41, 5.74) is 1.06. The molecule has 0 heterocycles. The number of sulfonamides is 1. The molecule has 3 aromatic carbocycles. The third-order valence-corrected chi connectivity index (χ3v) is 10.4. The number of hydrogen-bond acceptors (Lipinski definition) is 7. The fourth-order valence-electron chi connectivity index (χ4n) is 5.92. The van der Waals surface area contributed by atoms with E-state index < -0.39 is 28.5 Å². The molecule has 1 N–H and O–H groups in total. The van der Waals surface area contributed by atoms with Gasteiger partial charge in [0.15, 0.2) is 11.5 Å². The van der Waals surface area contributed by atoms with E-state index in [-0.39, 0.29) is 45.6 Å². The molecular formula is C35H44ClN3O7S. The highest BCUT2D eigenvalue weighted by Crippen LogP contribution is 2.37. The average Bonchev–Trinajstić information content (AvgIpc) is 3.09. The largest absolute Gasteiger partial charge is 0.495 e. The molecule has 0 saturated heterocycles. The third-order valence-electron chi connectivity index (χ3n) is 8.45. The van der Waals surface area contributed by atoms with Gasteiger partial charge >= 0.3 is 0 Å². The van der Waals surface area contributed by atoms with Crippen LogP contribution in [0.25, 0.3) is 0 Å². The summed E-state index contributed by atoms with van der Waals surface area (Å²) >= 11 is 6.36. The summed E-state index contributed by atoms with van der Waals surface area (Å²) in [5.74, 6) is -0.0404. The number of rotatable bonds is 15. The Morgan fingerprint density at radius 2 is 1.55 bits per heavy atom. The summed E-state index contributed by atoms with van der Waals surface area (Å²) in [7, 11) is -0.157. The summed E-state index contributed by atoms with van der Waals surface area (Å²) in [6.45, 7) is 1.44. The fourth-order valence-corrected chi connectivity index (χ4v) is 7.51. The van der Waals surface area contributed by atoms with Gasteiger partial charge in [-0.1, -0.05) is 68.1 Å². The molecule has 0 aromatic heterocycles. The first-order valence-electron chi connectivity index (χ1n) is 15.8. The minimum Gasteiger partial charge on any atom is -0.495 e. The molecular weight excluding hydrogens is 642 g/mol. The lowest BCUT2D eigenvalue weighted by atomic mass is 9.95. The quantitative estimate of drug-likeness (QED) is 0.213. The van der Waals surface area contributed by atoms with E-state index in [1.165, 1.54) is 50.5 Å². The van der Waals surface area contributed by atoms with Crippen molar-refractivity contribution in [3.05, 3.63) is 77.3 Å². The van der Waals surface area contributed by atoms with Crippen LogP contribution in [0.2, 0.25) is 5.02 Å². The number of ether oxygens (including phenoxy) is 3. The molecule has 254 valence electrons. The highest BCUT2D eigenvalue weighted by atomic mass is 35.5. The zero-order valence-corrected chi connectivity index (χ0v) is 29.0. The van der Waals surface area contributed by atoms with Crippen LogP contribution in [0.3, 0.4) is 0 Å². The van der Waals surface area contributed by atoms with Gasteiger partial charge in [-0.15, -0.1) is 0 Å². The highest BCUT2D eigenvalue weighted by Gasteiger charge is 2.35. The number of carbonyl (C=O) groups excluding carboxylic acids is 2. The maximum atomic E-state index is 14.5. The summed E-state index contributed by atoms with van der Waals surface area (Å²) in [6, 6.07) is 17.6. The Morgan fingerprint density at radius 3 is 2.19 bits per heavy atom. The fraction of sp³-hybridized carbons (Fsp3) is 0.429. The van der Waals surface area contributed by atoms with E-state index in [1.54, 1.807) is 12.1 Å². The molecule has 2 amide bonds. The van der Waals surface area contributed by atoms with Crippen LogP contribution >= 0.6 is 11.6 Å². The Bertz CT molecular complexity index is 1610. The lowest BCUT2D eigenvalue weighted by Crippen LogP contribution is -2.54. The minimum absolute atomic E-state index is 0.0500. The van der Waals surface area contributed by atoms with Crippen molar-refractivity contribution in [3.8, 4) is 17.2 Å². The lowest BCUT2D eigenvalue weighted by Gasteiger charge is -2.34. The number of anilines is 1. The van der Waals surface area contributed by atoms with Crippen LogP contribution in [-0.2, 0) is 26.0 Å². The van der Waals surface area contributed by atoms with Gasteiger partial charge in [-0.25, -0.2) is 8.42 Å². The second-order valence-corrected chi connectivity index (χ2v) is 13.7. The molecule has 1 saturated carbocycles. The zero-order valence-electron chi connectivity index (χ0n) is 27.4. The number of nitrogens with one attached hydrogen (secondary N) is 1. The zero-order chi connectivity index (χ0) is 34.0. The molecule has 0 bridgehead atoms. The van der Waals surface area contributed by atoms with Gasteiger partial charge in [0.1, 0.15) is 18.3 Å². The van der Waals surface area contributed by atoms with E-state index >= 15 is 0 Å². The van der Waals surface area contributed by atoms with Gasteiger partial charge in [-0.05, 0) is 61.6 Å². The minimum atomic E-state index is -4.42. The van der Waals surface area contributed by atoms with Gasteiger partial charge in [0.2, 0.25) is 11.8 Å². The van der Waals surface area contributed by atoms with E-state index in [0.29, 0.717) is 18.6 Å². The molecule has 1 aliphatic carbocycles. The van der Waals surface area contributed by atoms with Crippen molar-refractivity contribution in [3.63, 3.8) is 0 Å². The maximum Gasteiger partial charge on any atom is 0.265 e. The molecule has 0 spiro atoms. The monoisotopic (exact) mass is 685 g/mol. The summed E-state index contributed by atoms with van der Waals surface area (Å²) in [4.78, 5) is 29.6. The van der Waals surface area contributed by atoms with Gasteiger partial charge in [-0.2, -0.15) is 0 Å². The Morgan fingerprint density at radius 1 is 0.894 bits per heavy atom. The van der Waals surface area contributed by atoms with Crippen LogP contribution in [-0.4, -0.2) is 71.6 Å². The molecule has 47 heavy (non-hydrogen) atoms. The first kappa shape index (κ1) is 35.9. The van der Waals surface area contributed by atoms with Gasteiger partial charge in [0.05, 0.1) is 31.9 Å². The Labute approximate surface area is 283 Å². The molecule has 0 unspecified atom stereocenters. The van der Waals surface area contributed by atoms with Gasteiger partial charge in [-0.3, -0.25) is 13.9 Å². The van der Waals surface area contributed by atoms with E-state index in [4.69, 9.17) is 25.8 Å². The van der Waals surface area contributed by atoms with Crippen molar-refractivity contribution < 1.29 is 32.2 Å². The van der Waals surface area contributed by atoms with E-state index in [2.05, 4.69) is 5.32 Å². The summed E-state index contributed by atoms with van der Waals surface area (Å²) < 4.78 is 46.1. The highest BCUT2D eigenvalue weighted by molar-refractivity contribution is 7.92. The predicted molar refractivity (Wildman–Crippen MR) is 183 cm³/mol. The van der Waals surface area contributed by atoms with Crippen LogP contribution in [0.5, 0.6) is 17.2 Å². The maximum absolute atomic E-state index is 14.5. The molecule has 10 nitrogen and oxygen atoms in total. The van der Waals surface area contributed by atoms with E-state index in [9.17, 15) is 18.0 Å². The van der Waals surface area contributed by atoms with Crippen LogP contribution in [0.1, 0.15) is 51.0 Å². The smallest absolute Gasteiger partial charge is 0.265 e. The first-order chi connectivity index (χ1) is 22.6. The first-order valence-corrected chi connectivity index (χ1v) is 17.7. The number of amides is 2. The standard InChI is InChI=1S/C35H44ClN3O7S/c1-5-29(35(41)37-27-14-10-7-11-15-27)38(21-20-25-12-8-6-9-13-25)34(40)24-39(30-22-26(36)16-18-31(30)44-2)47(42,43)28-17-19-32(45-3)33(23-28)46-4/h6,8-9,12-13,16-19,22-23,27,29H,5,7,10-11,14-15,20-21,24H2,1-4H3,(H,37,41)/t29-/m0/s1. The van der Waals surface area contributed by atoms with Crippen molar-refractivity contribution in [2.24, 2.45) is 0 Å². The van der Waals surface area contributed by atoms with Crippen LogP contribution < -0.4 is 23.8 Å². The average molecular weight is 686 g/mol. The van der Waals surface area contributed by atoms with Crippen LogP contribution in [0.4, 0.5) is 5.69 Å².